The third-order valence-electron chi connectivity index (χ3n) is 2.91. The fraction of sp³-hybridized carbons (Fsp3) is 0.467. The molecule has 0 fully saturated rings. The molecule has 0 spiro atoms. The number of rotatable bonds is 7. The molecule has 1 atom stereocenters. The molecule has 0 bridgehead atoms. The summed E-state index contributed by atoms with van der Waals surface area (Å²) < 4.78 is 5.05. The minimum Gasteiger partial charge on any atom is -0.496 e. The van der Waals surface area contributed by atoms with Crippen LogP contribution in [-0.2, 0) is 4.79 Å². The number of nitrogens with one attached hydrogen (secondary N) is 1. The van der Waals surface area contributed by atoms with Crippen molar-refractivity contribution in [3.63, 3.8) is 0 Å². The predicted octanol–water partition coefficient (Wildman–Crippen LogP) is 3.11. The number of methoxy groups -OCH3 is 1. The van der Waals surface area contributed by atoms with Crippen molar-refractivity contribution in [3.8, 4) is 5.75 Å². The highest BCUT2D eigenvalue weighted by Gasteiger charge is 2.22. The molecular weight excluding hydrogens is 290 g/mol. The average molecular weight is 311 g/mol. The first kappa shape index (κ1) is 17.4. The number of carboxylic acids is 1. The van der Waals surface area contributed by atoms with Crippen LogP contribution in [-0.4, -0.2) is 35.1 Å². The number of hydrogen-bond acceptors (Lipinski definition) is 4. The summed E-state index contributed by atoms with van der Waals surface area (Å²) in [6.07, 6.45) is 0. The summed E-state index contributed by atoms with van der Waals surface area (Å²) in [5.41, 5.74) is 0.600. The molecule has 0 aliphatic rings. The number of aromatic carboxylic acids is 1. The quantitative estimate of drug-likeness (QED) is 0.809. The molecule has 1 aromatic carbocycles. The highest BCUT2D eigenvalue weighted by Crippen LogP contribution is 2.25. The Morgan fingerprint density at radius 1 is 1.38 bits per heavy atom. The summed E-state index contributed by atoms with van der Waals surface area (Å²) in [5.74, 6) is 0.158. The Balaban J connectivity index is 2.92. The van der Waals surface area contributed by atoms with Gasteiger partial charge in [0.15, 0.2) is 0 Å². The van der Waals surface area contributed by atoms with Gasteiger partial charge in [0.1, 0.15) is 11.3 Å². The van der Waals surface area contributed by atoms with E-state index in [-0.39, 0.29) is 28.4 Å². The van der Waals surface area contributed by atoms with E-state index in [4.69, 9.17) is 9.84 Å². The first-order valence-corrected chi connectivity index (χ1v) is 7.79. The number of ether oxygens (including phenoxy) is 1. The topological polar surface area (TPSA) is 75.6 Å². The zero-order chi connectivity index (χ0) is 16.0. The van der Waals surface area contributed by atoms with Crippen LogP contribution in [0.25, 0.3) is 0 Å². The normalized spacial score (nSPS) is 12.0. The molecule has 0 saturated heterocycles. The Morgan fingerprint density at radius 2 is 2.05 bits per heavy atom. The van der Waals surface area contributed by atoms with Crippen LogP contribution in [0.1, 0.15) is 31.1 Å². The molecule has 0 aliphatic heterocycles. The summed E-state index contributed by atoms with van der Waals surface area (Å²) in [7, 11) is 1.40. The lowest BCUT2D eigenvalue weighted by atomic mass is 10.1. The Morgan fingerprint density at radius 3 is 2.52 bits per heavy atom. The molecular formula is C15H21NO4S. The number of hydrogen-bond donors (Lipinski definition) is 2. The number of carbonyl (C=O) groups excluding carboxylic acids is 1. The fourth-order valence-corrected chi connectivity index (χ4v) is 2.86. The molecule has 21 heavy (non-hydrogen) atoms. The van der Waals surface area contributed by atoms with Crippen LogP contribution >= 0.6 is 11.8 Å². The maximum atomic E-state index is 12.3. The van der Waals surface area contributed by atoms with Gasteiger partial charge in [0.2, 0.25) is 5.91 Å². The average Bonchev–Trinajstić information content (AvgIpc) is 2.43. The fourth-order valence-electron chi connectivity index (χ4n) is 1.91. The Labute approximate surface area is 129 Å². The van der Waals surface area contributed by atoms with Crippen LogP contribution in [0.3, 0.4) is 0 Å². The van der Waals surface area contributed by atoms with Gasteiger partial charge in [0.25, 0.3) is 0 Å². The van der Waals surface area contributed by atoms with Gasteiger partial charge in [0.05, 0.1) is 12.4 Å². The Hall–Kier alpha value is -1.69. The second kappa shape index (κ2) is 7.93. The van der Waals surface area contributed by atoms with Crippen molar-refractivity contribution in [2.45, 2.75) is 26.0 Å². The van der Waals surface area contributed by atoms with Gasteiger partial charge in [0, 0.05) is 11.8 Å². The second-order valence-corrected chi connectivity index (χ2v) is 6.25. The van der Waals surface area contributed by atoms with Crippen LogP contribution in [0.5, 0.6) is 5.75 Å². The minimum absolute atomic E-state index is 0.0684. The van der Waals surface area contributed by atoms with E-state index in [1.807, 2.05) is 20.8 Å². The number of benzene rings is 1. The van der Waals surface area contributed by atoms with E-state index >= 15 is 0 Å². The van der Waals surface area contributed by atoms with E-state index in [1.54, 1.807) is 17.8 Å². The van der Waals surface area contributed by atoms with E-state index < -0.39 is 5.97 Å². The monoisotopic (exact) mass is 311 g/mol. The van der Waals surface area contributed by atoms with E-state index in [0.29, 0.717) is 5.69 Å². The molecule has 0 saturated carbocycles. The molecule has 1 aromatic rings. The van der Waals surface area contributed by atoms with Gasteiger partial charge < -0.3 is 15.2 Å². The standard InChI is InChI=1S/C15H21NO4S/c1-5-21-13(9(2)3)14(17)16-10-6-7-11(15(18)19)12(8-10)20-4/h6-9,13H,5H2,1-4H3,(H,16,17)(H,18,19). The largest absolute Gasteiger partial charge is 0.496 e. The maximum absolute atomic E-state index is 12.3. The summed E-state index contributed by atoms with van der Waals surface area (Å²) >= 11 is 1.59. The van der Waals surface area contributed by atoms with Gasteiger partial charge in [-0.2, -0.15) is 0 Å². The van der Waals surface area contributed by atoms with Crippen LogP contribution in [0.2, 0.25) is 0 Å². The number of carbonyl (C=O) groups is 2. The van der Waals surface area contributed by atoms with Crippen molar-refractivity contribution in [2.75, 3.05) is 18.2 Å². The van der Waals surface area contributed by atoms with Crippen molar-refractivity contribution >= 4 is 29.3 Å². The van der Waals surface area contributed by atoms with Gasteiger partial charge in [-0.25, -0.2) is 4.79 Å². The summed E-state index contributed by atoms with van der Waals surface area (Å²) in [6.45, 7) is 6.01. The predicted molar refractivity (Wildman–Crippen MR) is 85.3 cm³/mol. The molecule has 2 N–H and O–H groups in total. The van der Waals surface area contributed by atoms with Crippen molar-refractivity contribution < 1.29 is 19.4 Å². The van der Waals surface area contributed by atoms with Gasteiger partial charge in [-0.15, -0.1) is 11.8 Å². The molecule has 1 amide bonds. The third-order valence-corrected chi connectivity index (χ3v) is 4.36. The smallest absolute Gasteiger partial charge is 0.339 e. The zero-order valence-electron chi connectivity index (χ0n) is 12.7. The number of amides is 1. The second-order valence-electron chi connectivity index (χ2n) is 4.83. The Kier molecular flexibility index (Phi) is 6.55. The van der Waals surface area contributed by atoms with Gasteiger partial charge in [-0.05, 0) is 23.8 Å². The first-order chi connectivity index (χ1) is 9.90. The van der Waals surface area contributed by atoms with Gasteiger partial charge in [-0.1, -0.05) is 20.8 Å². The molecule has 1 rings (SSSR count). The number of thioether (sulfide) groups is 1. The van der Waals surface area contributed by atoms with E-state index in [9.17, 15) is 9.59 Å². The molecule has 1 unspecified atom stereocenters. The lowest BCUT2D eigenvalue weighted by molar-refractivity contribution is -0.116. The summed E-state index contributed by atoms with van der Waals surface area (Å²) in [5, 5.41) is 11.7. The van der Waals surface area contributed by atoms with Crippen LogP contribution in [0.4, 0.5) is 5.69 Å². The SMILES string of the molecule is CCSC(C(=O)Nc1ccc(C(=O)O)c(OC)c1)C(C)C. The minimum atomic E-state index is -1.06. The maximum Gasteiger partial charge on any atom is 0.339 e. The lowest BCUT2D eigenvalue weighted by Crippen LogP contribution is -2.29. The number of carboxylic acid groups (broad SMARTS) is 1. The van der Waals surface area contributed by atoms with E-state index in [0.717, 1.165) is 5.75 Å². The van der Waals surface area contributed by atoms with Gasteiger partial charge in [-0.3, -0.25) is 4.79 Å². The van der Waals surface area contributed by atoms with E-state index in [1.165, 1.54) is 19.2 Å². The van der Waals surface area contributed by atoms with Crippen LogP contribution in [0, 0.1) is 5.92 Å². The molecule has 116 valence electrons. The highest BCUT2D eigenvalue weighted by atomic mass is 32.2. The van der Waals surface area contributed by atoms with Crippen molar-refractivity contribution in [3.05, 3.63) is 23.8 Å². The Bertz CT molecular complexity index is 516. The van der Waals surface area contributed by atoms with Crippen molar-refractivity contribution in [2.24, 2.45) is 5.92 Å². The summed E-state index contributed by atoms with van der Waals surface area (Å²) in [6, 6.07) is 4.52. The van der Waals surface area contributed by atoms with Crippen LogP contribution < -0.4 is 10.1 Å². The van der Waals surface area contributed by atoms with Crippen molar-refractivity contribution in [1.82, 2.24) is 0 Å². The highest BCUT2D eigenvalue weighted by molar-refractivity contribution is 8.00. The number of anilines is 1. The van der Waals surface area contributed by atoms with Crippen molar-refractivity contribution in [1.29, 1.82) is 0 Å². The molecule has 0 heterocycles. The molecule has 0 radical (unpaired) electrons. The van der Waals surface area contributed by atoms with Crippen LogP contribution in [0.15, 0.2) is 18.2 Å². The third kappa shape index (κ3) is 4.67. The molecule has 6 heteroatoms. The molecule has 0 aromatic heterocycles. The van der Waals surface area contributed by atoms with E-state index in [2.05, 4.69) is 5.32 Å². The molecule has 0 aliphatic carbocycles. The van der Waals surface area contributed by atoms with Gasteiger partial charge >= 0.3 is 5.97 Å². The summed E-state index contributed by atoms with van der Waals surface area (Å²) in [4.78, 5) is 23.3. The lowest BCUT2D eigenvalue weighted by Gasteiger charge is -2.19. The first-order valence-electron chi connectivity index (χ1n) is 6.74. The zero-order valence-corrected chi connectivity index (χ0v) is 13.5. The molecule has 5 nitrogen and oxygen atoms in total.